The number of aliphatic imine (C=N–C) groups is 1. The Morgan fingerprint density at radius 3 is 2.30 bits per heavy atom. The van der Waals surface area contributed by atoms with Gasteiger partial charge in [-0.2, -0.15) is 0 Å². The van der Waals surface area contributed by atoms with Crippen LogP contribution in [0.5, 0.6) is 0 Å². The Labute approximate surface area is 233 Å². The second-order valence-corrected chi connectivity index (χ2v) is 7.39. The summed E-state index contributed by atoms with van der Waals surface area (Å²) >= 11 is 11.6. The van der Waals surface area contributed by atoms with Gasteiger partial charge in [0.25, 0.3) is 0 Å². The maximum absolute atomic E-state index is 12.0. The number of benzene rings is 2. The van der Waals surface area contributed by atoms with Crippen molar-refractivity contribution in [2.24, 2.45) is 4.99 Å². The highest BCUT2D eigenvalue weighted by atomic mass is 35.5. The first-order valence-electron chi connectivity index (χ1n) is 14.3. The van der Waals surface area contributed by atoms with Gasteiger partial charge in [0.2, 0.25) is 0 Å². The average molecular weight is 556 g/mol. The van der Waals surface area contributed by atoms with Gasteiger partial charge in [-0.3, -0.25) is 9.59 Å². The molecule has 0 fully saturated rings. The monoisotopic (exact) mass is 555 g/mol. The summed E-state index contributed by atoms with van der Waals surface area (Å²) in [6.07, 6.45) is -0.515. The molecule has 196 valence electrons. The molecule has 0 saturated carbocycles. The summed E-state index contributed by atoms with van der Waals surface area (Å²) in [5, 5.41) is -0.759. The minimum absolute atomic E-state index is 0.0399. The topological polar surface area (TPSA) is 124 Å². The van der Waals surface area contributed by atoms with E-state index in [4.69, 9.17) is 47.0 Å². The number of halogens is 2. The molecule has 1 heterocycles. The molecular formula is C26H26Cl2N2O7. The normalized spacial score (nSPS) is 13.4. The van der Waals surface area contributed by atoms with Gasteiger partial charge in [0, 0.05) is 21.5 Å². The third-order valence-corrected chi connectivity index (χ3v) is 4.39. The van der Waals surface area contributed by atoms with Crippen molar-refractivity contribution in [1.29, 1.82) is 0 Å². The smallest absolute Gasteiger partial charge is 0.354 e. The highest BCUT2D eigenvalue weighted by Gasteiger charge is 2.18. The van der Waals surface area contributed by atoms with Gasteiger partial charge in [0.15, 0.2) is 5.43 Å². The first kappa shape index (κ1) is 20.4. The van der Waals surface area contributed by atoms with Gasteiger partial charge < -0.3 is 19.2 Å². The van der Waals surface area contributed by atoms with Gasteiger partial charge in [-0.15, -0.1) is 0 Å². The number of carbonyl (C=O) groups is 3. The fraction of sp³-hybridized carbons (Fsp3) is 0.269. The molecule has 0 aliphatic rings. The lowest BCUT2D eigenvalue weighted by atomic mass is 10.2. The van der Waals surface area contributed by atoms with Crippen LogP contribution in [0.25, 0.3) is 10.9 Å². The molecule has 1 N–H and O–H groups in total. The van der Waals surface area contributed by atoms with Crippen LogP contribution in [0.2, 0.25) is 10.0 Å². The lowest BCUT2D eigenvalue weighted by molar-refractivity contribution is -0.143. The molecular weight excluding hydrogens is 523 g/mol. The molecule has 0 radical (unpaired) electrons. The van der Waals surface area contributed by atoms with Crippen molar-refractivity contribution in [3.8, 4) is 0 Å². The Morgan fingerprint density at radius 2 is 1.62 bits per heavy atom. The number of ether oxygens (including phenoxy) is 3. The van der Waals surface area contributed by atoms with Crippen molar-refractivity contribution in [1.82, 2.24) is 4.98 Å². The number of carbonyl (C=O) groups excluding carboxylic acids is 3. The molecule has 2 aromatic carbocycles. The van der Waals surface area contributed by atoms with Crippen molar-refractivity contribution >= 4 is 63.4 Å². The second-order valence-electron chi connectivity index (χ2n) is 6.63. The predicted molar refractivity (Wildman–Crippen MR) is 142 cm³/mol. The van der Waals surface area contributed by atoms with Gasteiger partial charge in [-0.1, -0.05) is 29.2 Å². The molecule has 0 aliphatic carbocycles. The number of nitrogens with one attached hydrogen (secondary N) is 1. The SMILES string of the molecule is [2H]c1c(Cl)c([2H])c2[nH]c(C(=O)OCC)cc(=O)c2c1[2H].[2H]c1c([2H])c(Cl)c([2H])c(N=C(CC(=O)OCC)C(=O)OCC)c1[2H]. The Bertz CT molecular complexity index is 1690. The van der Waals surface area contributed by atoms with Crippen LogP contribution in [0.4, 0.5) is 5.69 Å². The van der Waals surface area contributed by atoms with Crippen LogP contribution in [-0.2, 0) is 23.8 Å². The maximum Gasteiger partial charge on any atom is 0.354 e. The minimum Gasteiger partial charge on any atom is -0.466 e. The molecule has 0 amide bonds. The summed E-state index contributed by atoms with van der Waals surface area (Å²) in [6, 6.07) is -2.11. The number of nitrogens with zero attached hydrogens (tertiary/aromatic N) is 1. The minimum atomic E-state index is -0.901. The van der Waals surface area contributed by atoms with E-state index in [0.29, 0.717) is 0 Å². The molecule has 0 bridgehead atoms. The van der Waals surface area contributed by atoms with E-state index in [9.17, 15) is 19.2 Å². The fourth-order valence-electron chi connectivity index (χ4n) is 2.58. The molecule has 0 unspecified atom stereocenters. The zero-order valence-corrected chi connectivity index (χ0v) is 21.5. The van der Waals surface area contributed by atoms with Crippen molar-refractivity contribution in [2.45, 2.75) is 27.2 Å². The Balaban J connectivity index is 0.000000311. The van der Waals surface area contributed by atoms with Crippen LogP contribution < -0.4 is 5.43 Å². The van der Waals surface area contributed by atoms with E-state index >= 15 is 0 Å². The van der Waals surface area contributed by atoms with Crippen molar-refractivity contribution in [3.63, 3.8) is 0 Å². The van der Waals surface area contributed by atoms with E-state index in [0.717, 1.165) is 6.07 Å². The molecule has 0 spiro atoms. The number of hydrogen-bond acceptors (Lipinski definition) is 8. The quantitative estimate of drug-likeness (QED) is 0.227. The third-order valence-electron chi connectivity index (χ3n) is 4.02. The van der Waals surface area contributed by atoms with Gasteiger partial charge in [0.05, 0.1) is 47.0 Å². The van der Waals surface area contributed by atoms with E-state index in [1.807, 2.05) is 0 Å². The third kappa shape index (κ3) is 9.36. The van der Waals surface area contributed by atoms with E-state index in [2.05, 4.69) is 9.98 Å². The lowest BCUT2D eigenvalue weighted by Crippen LogP contribution is -2.22. The van der Waals surface area contributed by atoms with E-state index in [1.54, 1.807) is 20.8 Å². The van der Waals surface area contributed by atoms with Gasteiger partial charge in [0.1, 0.15) is 11.4 Å². The van der Waals surface area contributed by atoms with E-state index in [-0.39, 0.29) is 69.9 Å². The summed E-state index contributed by atoms with van der Waals surface area (Å²) < 4.78 is 68.3. The number of fused-ring (bicyclic) bond motifs is 1. The zero-order chi connectivity index (χ0) is 33.5. The van der Waals surface area contributed by atoms with Crippen molar-refractivity contribution in [3.05, 3.63) is 74.3 Å². The van der Waals surface area contributed by atoms with E-state index < -0.39 is 60.0 Å². The number of aromatic amines is 1. The molecule has 1 aromatic heterocycles. The highest BCUT2D eigenvalue weighted by Crippen LogP contribution is 2.19. The first-order chi connectivity index (χ1) is 20.6. The second kappa shape index (κ2) is 14.8. The number of esters is 3. The first-order valence-corrected chi connectivity index (χ1v) is 11.5. The van der Waals surface area contributed by atoms with Crippen LogP contribution in [0, 0.1) is 0 Å². The average Bonchev–Trinajstić information content (AvgIpc) is 2.98. The van der Waals surface area contributed by atoms with Gasteiger partial charge >= 0.3 is 17.9 Å². The van der Waals surface area contributed by atoms with Crippen LogP contribution in [-0.4, -0.2) is 48.4 Å². The Hall–Kier alpha value is -3.69. The number of pyridine rings is 1. The van der Waals surface area contributed by atoms with Gasteiger partial charge in [-0.05, 0) is 57.0 Å². The number of aromatic nitrogens is 1. The molecule has 9 nitrogen and oxygen atoms in total. The summed E-state index contributed by atoms with van der Waals surface area (Å²) in [5.41, 5.74) is -1.55. The maximum atomic E-state index is 12.0. The summed E-state index contributed by atoms with van der Waals surface area (Å²) in [4.78, 5) is 53.6. The van der Waals surface area contributed by atoms with Gasteiger partial charge in [-0.25, -0.2) is 14.6 Å². The zero-order valence-electron chi connectivity index (χ0n) is 27.0. The molecule has 0 atom stereocenters. The largest absolute Gasteiger partial charge is 0.466 e. The van der Waals surface area contributed by atoms with Crippen molar-refractivity contribution in [2.75, 3.05) is 19.8 Å². The number of H-pyrrole nitrogens is 1. The van der Waals surface area contributed by atoms with Crippen LogP contribution in [0.1, 0.15) is 47.3 Å². The molecule has 0 aliphatic heterocycles. The molecule has 0 saturated heterocycles. The fourth-order valence-corrected chi connectivity index (χ4v) is 2.86. The predicted octanol–water partition coefficient (Wildman–Crippen LogP) is 5.29. The number of hydrogen-bond donors (Lipinski definition) is 1. The Kier molecular flexibility index (Phi) is 8.13. The Morgan fingerprint density at radius 1 is 0.946 bits per heavy atom. The number of rotatable bonds is 8. The molecule has 11 heteroatoms. The molecule has 3 aromatic rings. The summed E-state index contributed by atoms with van der Waals surface area (Å²) in [7, 11) is 0. The lowest BCUT2D eigenvalue weighted by Gasteiger charge is -2.06. The van der Waals surface area contributed by atoms with Crippen LogP contribution in [0.3, 0.4) is 0 Å². The van der Waals surface area contributed by atoms with E-state index in [1.165, 1.54) is 0 Å². The highest BCUT2D eigenvalue weighted by molar-refractivity contribution is 6.40. The molecule has 3 rings (SSSR count). The van der Waals surface area contributed by atoms with Crippen molar-refractivity contribution < 1.29 is 38.2 Å². The summed E-state index contributed by atoms with van der Waals surface area (Å²) in [5.74, 6) is -2.36. The molecule has 37 heavy (non-hydrogen) atoms. The van der Waals surface area contributed by atoms with Crippen LogP contribution in [0.15, 0.2) is 58.2 Å². The summed E-state index contributed by atoms with van der Waals surface area (Å²) in [6.45, 7) is 5.08. The van der Waals surface area contributed by atoms with Crippen LogP contribution >= 0.6 is 23.2 Å². The standard InChI is InChI=1S/C14H16ClNO4.C12H10ClNO3/c1-3-19-13(17)9-12(14(18)20-4-2)16-11-7-5-6-10(15)8-11;1-2-17-12(16)10-6-11(15)8-4-3-7(13)5-9(8)14-10/h5-8H,3-4,9H2,1-2H3;3-6H,2H2,1H3,(H,14,15)/i5D,6D,7D,8D;3D,4D,5D.